The molecule has 0 spiro atoms. The lowest BCUT2D eigenvalue weighted by Gasteiger charge is -2.00. The number of H-pyrrole nitrogens is 1. The topological polar surface area (TPSA) is 74.8 Å². The second-order valence-electron chi connectivity index (χ2n) is 2.79. The van der Waals surface area contributed by atoms with Gasteiger partial charge in [0.1, 0.15) is 0 Å². The van der Waals surface area contributed by atoms with Crippen molar-refractivity contribution in [3.8, 4) is 0 Å². The van der Waals surface area contributed by atoms with E-state index in [1.807, 2.05) is 0 Å². The van der Waals surface area contributed by atoms with Gasteiger partial charge in [-0.3, -0.25) is 0 Å². The van der Waals surface area contributed by atoms with Crippen LogP contribution in [0.25, 0.3) is 11.0 Å². The van der Waals surface area contributed by atoms with Crippen LogP contribution in [0, 0.1) is 0 Å². The van der Waals surface area contributed by atoms with Crippen LogP contribution < -0.4 is 4.72 Å². The summed E-state index contributed by atoms with van der Waals surface area (Å²) in [5.41, 5.74) is 1.46. The van der Waals surface area contributed by atoms with Gasteiger partial charge in [-0.2, -0.15) is 0 Å². The van der Waals surface area contributed by atoms with Crippen molar-refractivity contribution < 1.29 is 8.42 Å². The van der Waals surface area contributed by atoms with Crippen molar-refractivity contribution >= 4 is 21.1 Å². The minimum atomic E-state index is -3.37. The first kappa shape index (κ1) is 9.17. The first-order valence-electron chi connectivity index (χ1n) is 4.00. The van der Waals surface area contributed by atoms with Gasteiger partial charge in [-0.15, -0.1) is 0 Å². The quantitative estimate of drug-likeness (QED) is 0.758. The molecule has 0 saturated heterocycles. The number of fused-ring (bicyclic) bond motifs is 1. The molecule has 2 N–H and O–H groups in total. The molecule has 2 rings (SSSR count). The summed E-state index contributed by atoms with van der Waals surface area (Å²) in [5, 5.41) is 0. The molecule has 0 atom stereocenters. The van der Waals surface area contributed by atoms with Crippen molar-refractivity contribution in [2.24, 2.45) is 0 Å². The zero-order chi connectivity index (χ0) is 10.2. The van der Waals surface area contributed by atoms with E-state index in [0.29, 0.717) is 5.52 Å². The van der Waals surface area contributed by atoms with Gasteiger partial charge in [0, 0.05) is 0 Å². The summed E-state index contributed by atoms with van der Waals surface area (Å²) in [4.78, 5) is 7.09. The van der Waals surface area contributed by atoms with Crippen LogP contribution in [0.5, 0.6) is 0 Å². The maximum absolute atomic E-state index is 11.4. The first-order chi connectivity index (χ1) is 6.63. The monoisotopic (exact) mass is 211 g/mol. The van der Waals surface area contributed by atoms with Gasteiger partial charge >= 0.3 is 0 Å². The molecule has 14 heavy (non-hydrogen) atoms. The van der Waals surface area contributed by atoms with E-state index >= 15 is 0 Å². The smallest absolute Gasteiger partial charge is 0.240 e. The van der Waals surface area contributed by atoms with Crippen molar-refractivity contribution in [1.82, 2.24) is 14.7 Å². The zero-order valence-electron chi connectivity index (χ0n) is 7.48. The summed E-state index contributed by atoms with van der Waals surface area (Å²) >= 11 is 0. The molecule has 1 heterocycles. The van der Waals surface area contributed by atoms with E-state index in [1.165, 1.54) is 25.5 Å². The minimum Gasteiger partial charge on any atom is -0.345 e. The van der Waals surface area contributed by atoms with Crippen LogP contribution >= 0.6 is 0 Å². The van der Waals surface area contributed by atoms with E-state index in [0.717, 1.165) is 5.52 Å². The van der Waals surface area contributed by atoms with Crippen molar-refractivity contribution in [1.29, 1.82) is 0 Å². The number of imidazole rings is 1. The predicted molar refractivity (Wildman–Crippen MR) is 52.3 cm³/mol. The normalized spacial score (nSPS) is 12.1. The van der Waals surface area contributed by atoms with Gasteiger partial charge in [0.2, 0.25) is 10.0 Å². The summed E-state index contributed by atoms with van der Waals surface area (Å²) in [7, 11) is -1.99. The molecule has 0 fully saturated rings. The van der Waals surface area contributed by atoms with Crippen LogP contribution in [-0.2, 0) is 10.0 Å². The Balaban J connectivity index is 2.65. The van der Waals surface area contributed by atoms with Gasteiger partial charge in [0.15, 0.2) is 0 Å². The molecule has 0 amide bonds. The first-order valence-corrected chi connectivity index (χ1v) is 5.48. The molecule has 0 saturated carbocycles. The average molecular weight is 211 g/mol. The number of sulfonamides is 1. The Morgan fingerprint density at radius 3 is 2.93 bits per heavy atom. The van der Waals surface area contributed by atoms with Gasteiger partial charge in [-0.05, 0) is 25.2 Å². The minimum absolute atomic E-state index is 0.222. The molecule has 0 aliphatic rings. The second kappa shape index (κ2) is 3.07. The summed E-state index contributed by atoms with van der Waals surface area (Å²) in [6.07, 6.45) is 1.53. The Morgan fingerprint density at radius 1 is 1.43 bits per heavy atom. The molecule has 2 aromatic rings. The Hall–Kier alpha value is -1.40. The molecule has 6 heteroatoms. The van der Waals surface area contributed by atoms with Gasteiger partial charge in [0.25, 0.3) is 0 Å². The average Bonchev–Trinajstić information content (AvgIpc) is 2.64. The maximum atomic E-state index is 11.4. The van der Waals surface area contributed by atoms with Gasteiger partial charge in [0.05, 0.1) is 22.3 Å². The van der Waals surface area contributed by atoms with Crippen LogP contribution in [0.2, 0.25) is 0 Å². The predicted octanol–water partition coefficient (Wildman–Crippen LogP) is 0.471. The Bertz CT molecular complexity index is 559. The zero-order valence-corrected chi connectivity index (χ0v) is 8.30. The molecule has 0 unspecified atom stereocenters. The van der Waals surface area contributed by atoms with Crippen LogP contribution in [0.4, 0.5) is 0 Å². The fraction of sp³-hybridized carbons (Fsp3) is 0.125. The number of nitrogens with zero attached hydrogens (tertiary/aromatic N) is 1. The molecule has 0 aliphatic carbocycles. The van der Waals surface area contributed by atoms with Crippen molar-refractivity contribution in [2.45, 2.75) is 4.90 Å². The van der Waals surface area contributed by atoms with Crippen LogP contribution in [0.1, 0.15) is 0 Å². The summed E-state index contributed by atoms with van der Waals surface area (Å²) < 4.78 is 25.1. The van der Waals surface area contributed by atoms with Crippen LogP contribution in [0.15, 0.2) is 29.4 Å². The number of rotatable bonds is 2. The number of benzene rings is 1. The lowest BCUT2D eigenvalue weighted by atomic mass is 10.3. The number of aromatic amines is 1. The van der Waals surface area contributed by atoms with E-state index in [2.05, 4.69) is 14.7 Å². The molecular formula is C8H9N3O2S. The summed E-state index contributed by atoms with van der Waals surface area (Å²) in [6.45, 7) is 0. The highest BCUT2D eigenvalue weighted by molar-refractivity contribution is 7.89. The Morgan fingerprint density at radius 2 is 2.21 bits per heavy atom. The highest BCUT2D eigenvalue weighted by Gasteiger charge is 2.11. The molecule has 0 bridgehead atoms. The van der Waals surface area contributed by atoms with E-state index in [9.17, 15) is 8.42 Å². The Kier molecular flexibility index (Phi) is 2.01. The van der Waals surface area contributed by atoms with Crippen LogP contribution in [0.3, 0.4) is 0 Å². The molecule has 1 aromatic heterocycles. The van der Waals surface area contributed by atoms with E-state index in [-0.39, 0.29) is 4.90 Å². The third-order valence-electron chi connectivity index (χ3n) is 1.97. The van der Waals surface area contributed by atoms with Gasteiger partial charge < -0.3 is 4.98 Å². The largest absolute Gasteiger partial charge is 0.345 e. The van der Waals surface area contributed by atoms with Crippen molar-refractivity contribution in [3.05, 3.63) is 24.5 Å². The number of hydrogen-bond acceptors (Lipinski definition) is 3. The number of hydrogen-bond donors (Lipinski definition) is 2. The number of nitrogens with one attached hydrogen (secondary N) is 2. The molecule has 0 radical (unpaired) electrons. The van der Waals surface area contributed by atoms with Gasteiger partial charge in [-0.25, -0.2) is 18.1 Å². The fourth-order valence-electron chi connectivity index (χ4n) is 1.20. The molecule has 1 aromatic carbocycles. The SMILES string of the molecule is CNS(=O)(=O)c1ccc2[nH]cnc2c1. The van der Waals surface area contributed by atoms with Crippen molar-refractivity contribution in [3.63, 3.8) is 0 Å². The molecule has 0 aliphatic heterocycles. The summed E-state index contributed by atoms with van der Waals surface area (Å²) in [6, 6.07) is 4.75. The number of aromatic nitrogens is 2. The lowest BCUT2D eigenvalue weighted by Crippen LogP contribution is -2.18. The van der Waals surface area contributed by atoms with Gasteiger partial charge in [-0.1, -0.05) is 0 Å². The summed E-state index contributed by atoms with van der Waals surface area (Å²) in [5.74, 6) is 0. The molecule has 74 valence electrons. The molecule has 5 nitrogen and oxygen atoms in total. The standard InChI is InChI=1S/C8H9N3O2S/c1-9-14(12,13)6-2-3-7-8(4-6)11-5-10-7/h2-5,9H,1H3,(H,10,11). The molecular weight excluding hydrogens is 202 g/mol. The van der Waals surface area contributed by atoms with Crippen molar-refractivity contribution in [2.75, 3.05) is 7.05 Å². The lowest BCUT2D eigenvalue weighted by molar-refractivity contribution is 0.588. The Labute approximate surface area is 81.2 Å². The second-order valence-corrected chi connectivity index (χ2v) is 4.68. The third-order valence-corrected chi connectivity index (χ3v) is 3.38. The fourth-order valence-corrected chi connectivity index (χ4v) is 1.95. The van der Waals surface area contributed by atoms with E-state index in [4.69, 9.17) is 0 Å². The van der Waals surface area contributed by atoms with E-state index < -0.39 is 10.0 Å². The highest BCUT2D eigenvalue weighted by atomic mass is 32.2. The maximum Gasteiger partial charge on any atom is 0.240 e. The highest BCUT2D eigenvalue weighted by Crippen LogP contribution is 2.15. The third kappa shape index (κ3) is 1.38. The van der Waals surface area contributed by atoms with Crippen LogP contribution in [-0.4, -0.2) is 25.4 Å². The van der Waals surface area contributed by atoms with E-state index in [1.54, 1.807) is 6.07 Å².